The summed E-state index contributed by atoms with van der Waals surface area (Å²) in [5.41, 5.74) is -4.93. The number of halogens is 4. The Bertz CT molecular complexity index is 1280. The van der Waals surface area contributed by atoms with Crippen molar-refractivity contribution in [2.24, 2.45) is 28.6 Å². The first-order valence-corrected chi connectivity index (χ1v) is 15.2. The number of alkyl halides is 3. The normalized spacial score (nSPS) is 44.8. The van der Waals surface area contributed by atoms with Crippen LogP contribution in [0.25, 0.3) is 0 Å². The number of rotatable bonds is 4. The molecule has 0 bridgehead atoms. The molecule has 210 valence electrons. The van der Waals surface area contributed by atoms with Crippen LogP contribution >= 0.6 is 35.0 Å². The van der Waals surface area contributed by atoms with Gasteiger partial charge in [0.2, 0.25) is 5.12 Å². The van der Waals surface area contributed by atoms with Crippen molar-refractivity contribution in [3.8, 4) is 0 Å². The van der Waals surface area contributed by atoms with Crippen molar-refractivity contribution in [1.29, 1.82) is 0 Å². The van der Waals surface area contributed by atoms with E-state index in [0.29, 0.717) is 24.5 Å². The van der Waals surface area contributed by atoms with Gasteiger partial charge in [-0.3, -0.25) is 14.4 Å². The zero-order valence-electron chi connectivity index (χ0n) is 21.7. The molecule has 39 heavy (non-hydrogen) atoms. The van der Waals surface area contributed by atoms with Crippen molar-refractivity contribution in [1.82, 2.24) is 5.06 Å². The number of thioether (sulfide) groups is 1. The number of hydrogen-bond acceptors (Lipinski definition) is 6. The molecule has 0 radical (unpaired) electrons. The fraction of sp³-hybridized carbons (Fsp3) is 0.586. The molecule has 5 nitrogen and oxygen atoms in total. The molecule has 0 amide bonds. The van der Waals surface area contributed by atoms with Gasteiger partial charge in [-0.15, -0.1) is 11.6 Å². The van der Waals surface area contributed by atoms with Crippen LogP contribution in [0.2, 0.25) is 5.02 Å². The Morgan fingerprint density at radius 3 is 2.64 bits per heavy atom. The summed E-state index contributed by atoms with van der Waals surface area (Å²) in [6.07, 6.45) is 1.11. The first-order valence-electron chi connectivity index (χ1n) is 13.3. The Morgan fingerprint density at radius 1 is 1.23 bits per heavy atom. The quantitative estimate of drug-likeness (QED) is 0.441. The van der Waals surface area contributed by atoms with Crippen LogP contribution in [-0.4, -0.2) is 56.4 Å². The summed E-state index contributed by atoms with van der Waals surface area (Å²) in [6.45, 7) is 4.32. The summed E-state index contributed by atoms with van der Waals surface area (Å²) in [4.78, 5) is 32.6. The highest BCUT2D eigenvalue weighted by Gasteiger charge is 2.79. The standard InChI is InChI=1S/C29H31Cl2F2NO4S/c1-26-8-7-19(35)10-22(26)23(32)11-21-20-9-17-14-34(13-16-3-5-18(31)6-4-16)38-29(17,25(37)39-15-30)27(20,2)12-24(36)28(21,26)33/h3-8,10,17,20-21,23-24,36H,9,11-15H2,1-2H3/t17-,20-,21-,23-,24-,26-,27-,28-,29-/m0/s1. The minimum absolute atomic E-state index is 0.0330. The van der Waals surface area contributed by atoms with Gasteiger partial charge < -0.3 is 5.11 Å². The number of nitrogens with zero attached hydrogens (tertiary/aromatic N) is 1. The van der Waals surface area contributed by atoms with Gasteiger partial charge in [-0.2, -0.15) is 5.06 Å². The molecule has 1 N–H and O–H groups in total. The van der Waals surface area contributed by atoms with Crippen LogP contribution in [0.1, 0.15) is 38.7 Å². The number of ketones is 1. The lowest BCUT2D eigenvalue weighted by Gasteiger charge is -2.63. The summed E-state index contributed by atoms with van der Waals surface area (Å²) < 4.78 is 33.2. The van der Waals surface area contributed by atoms with Crippen LogP contribution in [0, 0.1) is 28.6 Å². The van der Waals surface area contributed by atoms with E-state index >= 15 is 8.78 Å². The van der Waals surface area contributed by atoms with Crippen molar-refractivity contribution in [3.05, 3.63) is 58.7 Å². The molecule has 1 saturated heterocycles. The van der Waals surface area contributed by atoms with Gasteiger partial charge in [0.05, 0.1) is 11.3 Å². The van der Waals surface area contributed by atoms with E-state index in [9.17, 15) is 14.7 Å². The lowest BCUT2D eigenvalue weighted by atomic mass is 9.44. The van der Waals surface area contributed by atoms with Crippen molar-refractivity contribution >= 4 is 45.9 Å². The lowest BCUT2D eigenvalue weighted by Crippen LogP contribution is -2.70. The monoisotopic (exact) mass is 597 g/mol. The predicted molar refractivity (Wildman–Crippen MR) is 147 cm³/mol. The third-order valence-corrected chi connectivity index (χ3v) is 11.7. The maximum Gasteiger partial charge on any atom is 0.224 e. The van der Waals surface area contributed by atoms with Gasteiger partial charge in [-0.1, -0.05) is 48.5 Å². The second-order valence-electron chi connectivity index (χ2n) is 12.1. The van der Waals surface area contributed by atoms with E-state index in [1.165, 1.54) is 18.2 Å². The number of carbonyl (C=O) groups is 2. The molecule has 9 atom stereocenters. The number of hydroxylamine groups is 2. The molecule has 5 aliphatic rings. The maximum atomic E-state index is 17.5. The fourth-order valence-electron chi connectivity index (χ4n) is 8.71. The Kier molecular flexibility index (Phi) is 6.69. The Labute approximate surface area is 240 Å². The van der Waals surface area contributed by atoms with E-state index in [2.05, 4.69) is 0 Å². The number of aliphatic hydroxyl groups is 1. The SMILES string of the molecule is C[C@]12C=CC(=O)C=C1[C@@H](F)C[C@H]1[C@@H]3C[C@H]4CN(Cc5ccc(Cl)cc5)O[C@@]4(C(=O)SCCl)[C@@]3(C)C[C@H](O)[C@@]12F. The van der Waals surface area contributed by atoms with Crippen LogP contribution in [0.5, 0.6) is 0 Å². The van der Waals surface area contributed by atoms with Gasteiger partial charge in [-0.25, -0.2) is 8.78 Å². The van der Waals surface area contributed by atoms with E-state index in [4.69, 9.17) is 28.0 Å². The zero-order valence-corrected chi connectivity index (χ0v) is 24.0. The second-order valence-corrected chi connectivity index (χ2v) is 14.1. The van der Waals surface area contributed by atoms with Crippen molar-refractivity contribution < 1.29 is 28.3 Å². The first-order chi connectivity index (χ1) is 18.4. The van der Waals surface area contributed by atoms with Crippen LogP contribution < -0.4 is 0 Å². The van der Waals surface area contributed by atoms with Gasteiger partial charge in [-0.05, 0) is 67.5 Å². The van der Waals surface area contributed by atoms with Crippen molar-refractivity contribution in [2.45, 2.75) is 63.2 Å². The minimum atomic E-state index is -2.20. The lowest BCUT2D eigenvalue weighted by molar-refractivity contribution is -0.266. The summed E-state index contributed by atoms with van der Waals surface area (Å²) in [5, 5.41) is 13.8. The third-order valence-electron chi connectivity index (χ3n) is 10.4. The highest BCUT2D eigenvalue weighted by Crippen LogP contribution is 2.73. The van der Waals surface area contributed by atoms with Gasteiger partial charge in [0, 0.05) is 40.8 Å². The largest absolute Gasteiger partial charge is 0.390 e. The maximum absolute atomic E-state index is 17.5. The molecular formula is C29H31Cl2F2NO4S. The van der Waals surface area contributed by atoms with Gasteiger partial charge in [0.25, 0.3) is 0 Å². The summed E-state index contributed by atoms with van der Waals surface area (Å²) in [7, 11) is 0. The van der Waals surface area contributed by atoms with Crippen molar-refractivity contribution in [2.75, 3.05) is 11.8 Å². The molecule has 4 fully saturated rings. The van der Waals surface area contributed by atoms with E-state index < -0.39 is 46.2 Å². The third kappa shape index (κ3) is 3.67. The fourth-order valence-corrected chi connectivity index (χ4v) is 9.88. The van der Waals surface area contributed by atoms with Gasteiger partial charge >= 0.3 is 0 Å². The summed E-state index contributed by atoms with van der Waals surface area (Å²) >= 11 is 13.0. The van der Waals surface area contributed by atoms with Gasteiger partial charge in [0.15, 0.2) is 17.1 Å². The minimum Gasteiger partial charge on any atom is -0.390 e. The Morgan fingerprint density at radius 2 is 1.95 bits per heavy atom. The molecule has 1 aliphatic heterocycles. The average molecular weight is 599 g/mol. The number of hydrogen-bond donors (Lipinski definition) is 1. The number of allylic oxidation sites excluding steroid dienone is 4. The average Bonchev–Trinajstić information content (AvgIpc) is 3.36. The summed E-state index contributed by atoms with van der Waals surface area (Å²) in [5.74, 6) is -1.96. The van der Waals surface area contributed by atoms with Crippen LogP contribution in [-0.2, 0) is 21.0 Å². The first kappa shape index (κ1) is 27.9. The zero-order chi connectivity index (χ0) is 28.0. The van der Waals surface area contributed by atoms with E-state index in [-0.39, 0.29) is 40.4 Å². The molecule has 10 heteroatoms. The van der Waals surface area contributed by atoms with Crippen LogP contribution in [0.3, 0.4) is 0 Å². The Hall–Kier alpha value is -1.29. The molecule has 4 aliphatic carbocycles. The summed E-state index contributed by atoms with van der Waals surface area (Å²) in [6, 6.07) is 7.37. The van der Waals surface area contributed by atoms with Crippen molar-refractivity contribution in [3.63, 3.8) is 0 Å². The highest BCUT2D eigenvalue weighted by atomic mass is 35.5. The number of carbonyl (C=O) groups excluding carboxylic acids is 2. The molecule has 0 aromatic heterocycles. The predicted octanol–water partition coefficient (Wildman–Crippen LogP) is 5.83. The number of benzene rings is 1. The molecule has 1 aromatic carbocycles. The van der Waals surface area contributed by atoms with E-state index in [1.54, 1.807) is 24.1 Å². The smallest absolute Gasteiger partial charge is 0.224 e. The van der Waals surface area contributed by atoms with Crippen LogP contribution in [0.4, 0.5) is 8.78 Å². The Balaban J connectivity index is 1.40. The van der Waals surface area contributed by atoms with E-state index in [0.717, 1.165) is 17.3 Å². The molecule has 1 heterocycles. The highest BCUT2D eigenvalue weighted by molar-refractivity contribution is 8.14. The van der Waals surface area contributed by atoms with Gasteiger partial charge in [0.1, 0.15) is 6.17 Å². The molecule has 1 aromatic rings. The number of fused-ring (bicyclic) bond motifs is 7. The molecule has 0 spiro atoms. The topological polar surface area (TPSA) is 66.8 Å². The van der Waals surface area contributed by atoms with Crippen LogP contribution in [0.15, 0.2) is 48.1 Å². The molecule has 0 unspecified atom stereocenters. The molecule has 6 rings (SSSR count). The molecular weight excluding hydrogens is 567 g/mol. The second kappa shape index (κ2) is 9.36. The van der Waals surface area contributed by atoms with E-state index in [1.807, 2.05) is 19.1 Å². The number of aliphatic hydroxyl groups excluding tert-OH is 1. The molecule has 3 saturated carbocycles.